The SMILES string of the molecule is C=C(C=C[C@@H](O)C(C)(C)C(=O)OCC)[C@H]1CC[C@H]2C(=CC=C3C[C@@H](O)C[C@H](O)C3=C)CCC[C@]12C. The highest BCUT2D eigenvalue weighted by Gasteiger charge is 2.49. The number of ether oxygens (including phenoxy) is 1. The van der Waals surface area contributed by atoms with E-state index in [-0.39, 0.29) is 12.0 Å². The molecule has 3 N–H and O–H groups in total. The Morgan fingerprint density at radius 2 is 2.00 bits per heavy atom. The van der Waals surface area contributed by atoms with Crippen molar-refractivity contribution in [3.05, 3.63) is 59.8 Å². The molecule has 0 saturated heterocycles. The molecule has 0 aliphatic heterocycles. The van der Waals surface area contributed by atoms with Crippen molar-refractivity contribution in [1.29, 1.82) is 0 Å². The van der Waals surface area contributed by atoms with Gasteiger partial charge in [0.2, 0.25) is 0 Å². The number of carbonyl (C=O) groups is 1. The predicted octanol–water partition coefficient (Wildman–Crippen LogP) is 5.19. The first kappa shape index (κ1) is 27.6. The Morgan fingerprint density at radius 1 is 1.29 bits per heavy atom. The third-order valence-electron chi connectivity index (χ3n) is 8.71. The van der Waals surface area contributed by atoms with Crippen LogP contribution in [0.1, 0.15) is 72.6 Å². The molecule has 0 radical (unpaired) electrons. The lowest BCUT2D eigenvalue weighted by atomic mass is 9.62. The molecule has 0 spiro atoms. The van der Waals surface area contributed by atoms with Gasteiger partial charge in [-0.25, -0.2) is 0 Å². The number of rotatable bonds is 7. The molecule has 3 saturated carbocycles. The van der Waals surface area contributed by atoms with E-state index in [1.165, 1.54) is 5.57 Å². The zero-order chi connectivity index (χ0) is 26.0. The maximum atomic E-state index is 12.2. The number of hydrogen-bond donors (Lipinski definition) is 3. The summed E-state index contributed by atoms with van der Waals surface area (Å²) in [5, 5.41) is 30.9. The van der Waals surface area contributed by atoms with Gasteiger partial charge in [0.1, 0.15) is 0 Å². The smallest absolute Gasteiger partial charge is 0.314 e. The zero-order valence-electron chi connectivity index (χ0n) is 21.9. The fourth-order valence-electron chi connectivity index (χ4n) is 6.32. The normalized spacial score (nSPS) is 34.9. The van der Waals surface area contributed by atoms with Crippen LogP contribution in [0.25, 0.3) is 0 Å². The van der Waals surface area contributed by atoms with Crippen LogP contribution in [-0.2, 0) is 9.53 Å². The molecular weight excluding hydrogens is 440 g/mol. The third kappa shape index (κ3) is 5.73. The second kappa shape index (κ2) is 11.0. The molecule has 0 aromatic rings. The summed E-state index contributed by atoms with van der Waals surface area (Å²) in [5.74, 6) is 0.356. The van der Waals surface area contributed by atoms with E-state index < -0.39 is 29.7 Å². The highest BCUT2D eigenvalue weighted by Crippen LogP contribution is 2.59. The van der Waals surface area contributed by atoms with Crippen molar-refractivity contribution in [3.63, 3.8) is 0 Å². The van der Waals surface area contributed by atoms with E-state index in [0.29, 0.717) is 24.7 Å². The van der Waals surface area contributed by atoms with Crippen molar-refractivity contribution < 1.29 is 24.9 Å². The summed E-state index contributed by atoms with van der Waals surface area (Å²) in [4.78, 5) is 12.2. The van der Waals surface area contributed by atoms with Crippen molar-refractivity contribution in [2.45, 2.75) is 91.0 Å². The molecular formula is C30H44O5. The number of carbonyl (C=O) groups excluding carboxylic acids is 1. The summed E-state index contributed by atoms with van der Waals surface area (Å²) >= 11 is 0. The minimum atomic E-state index is -1.02. The Morgan fingerprint density at radius 3 is 2.69 bits per heavy atom. The van der Waals surface area contributed by atoms with Crippen LogP contribution in [0.4, 0.5) is 0 Å². The number of esters is 1. The van der Waals surface area contributed by atoms with E-state index in [1.54, 1.807) is 26.8 Å². The summed E-state index contributed by atoms with van der Waals surface area (Å²) in [6.45, 7) is 16.2. The summed E-state index contributed by atoms with van der Waals surface area (Å²) in [7, 11) is 0. The number of hydrogen-bond acceptors (Lipinski definition) is 5. The van der Waals surface area contributed by atoms with Gasteiger partial charge in [0.15, 0.2) is 0 Å². The van der Waals surface area contributed by atoms with E-state index in [2.05, 4.69) is 32.2 Å². The molecule has 3 aliphatic carbocycles. The first-order chi connectivity index (χ1) is 16.4. The van der Waals surface area contributed by atoms with Gasteiger partial charge in [0, 0.05) is 6.42 Å². The molecule has 3 aliphatic rings. The summed E-state index contributed by atoms with van der Waals surface area (Å²) in [5.41, 5.74) is 3.16. The Labute approximate surface area is 211 Å². The Balaban J connectivity index is 1.74. The second-order valence-electron chi connectivity index (χ2n) is 11.4. The number of fused-ring (bicyclic) bond motifs is 1. The first-order valence-corrected chi connectivity index (χ1v) is 13.1. The number of aliphatic hydroxyl groups is 3. The van der Waals surface area contributed by atoms with Crippen molar-refractivity contribution >= 4 is 5.97 Å². The van der Waals surface area contributed by atoms with Gasteiger partial charge < -0.3 is 20.1 Å². The quantitative estimate of drug-likeness (QED) is 0.342. The molecule has 0 aromatic carbocycles. The lowest BCUT2D eigenvalue weighted by Gasteiger charge is -2.42. The van der Waals surface area contributed by atoms with Crippen LogP contribution in [-0.4, -0.2) is 46.2 Å². The molecule has 0 amide bonds. The highest BCUT2D eigenvalue weighted by atomic mass is 16.5. The molecule has 3 rings (SSSR count). The van der Waals surface area contributed by atoms with Crippen LogP contribution in [0.15, 0.2) is 59.8 Å². The maximum Gasteiger partial charge on any atom is 0.314 e. The van der Waals surface area contributed by atoms with Gasteiger partial charge in [0.05, 0.1) is 30.3 Å². The molecule has 3 fully saturated rings. The van der Waals surface area contributed by atoms with Crippen molar-refractivity contribution in [2.75, 3.05) is 6.61 Å². The van der Waals surface area contributed by atoms with E-state index in [9.17, 15) is 20.1 Å². The Hall–Kier alpha value is -1.95. The van der Waals surface area contributed by atoms with Crippen LogP contribution in [0.3, 0.4) is 0 Å². The Kier molecular flexibility index (Phi) is 8.67. The van der Waals surface area contributed by atoms with Gasteiger partial charge in [0.25, 0.3) is 0 Å². The fourth-order valence-corrected chi connectivity index (χ4v) is 6.32. The predicted molar refractivity (Wildman–Crippen MR) is 139 cm³/mol. The summed E-state index contributed by atoms with van der Waals surface area (Å²) in [6, 6.07) is 0. The monoisotopic (exact) mass is 484 g/mol. The Bertz CT molecular complexity index is 923. The lowest BCUT2D eigenvalue weighted by Crippen LogP contribution is -2.37. The van der Waals surface area contributed by atoms with Crippen molar-refractivity contribution in [3.8, 4) is 0 Å². The van der Waals surface area contributed by atoms with Crippen LogP contribution in [0.5, 0.6) is 0 Å². The average Bonchev–Trinajstić information content (AvgIpc) is 3.16. The van der Waals surface area contributed by atoms with Gasteiger partial charge in [-0.2, -0.15) is 0 Å². The van der Waals surface area contributed by atoms with Crippen LogP contribution >= 0.6 is 0 Å². The van der Waals surface area contributed by atoms with Crippen LogP contribution in [0.2, 0.25) is 0 Å². The molecule has 0 aromatic heterocycles. The molecule has 194 valence electrons. The second-order valence-corrected chi connectivity index (χ2v) is 11.4. The van der Waals surface area contributed by atoms with Crippen molar-refractivity contribution in [1.82, 2.24) is 0 Å². The largest absolute Gasteiger partial charge is 0.465 e. The average molecular weight is 485 g/mol. The molecule has 6 atom stereocenters. The third-order valence-corrected chi connectivity index (χ3v) is 8.71. The summed E-state index contributed by atoms with van der Waals surface area (Å²) in [6.07, 6.45) is 12.0. The van der Waals surface area contributed by atoms with Gasteiger partial charge in [-0.3, -0.25) is 4.79 Å². The summed E-state index contributed by atoms with van der Waals surface area (Å²) < 4.78 is 5.12. The molecule has 5 heteroatoms. The van der Waals surface area contributed by atoms with E-state index in [1.807, 2.05) is 6.08 Å². The van der Waals surface area contributed by atoms with Gasteiger partial charge >= 0.3 is 5.97 Å². The van der Waals surface area contributed by atoms with E-state index in [4.69, 9.17) is 4.74 Å². The van der Waals surface area contributed by atoms with Gasteiger partial charge in [-0.1, -0.05) is 55.5 Å². The molecule has 0 unspecified atom stereocenters. The van der Waals surface area contributed by atoms with Gasteiger partial charge in [-0.05, 0) is 87.7 Å². The molecule has 0 heterocycles. The molecule has 5 nitrogen and oxygen atoms in total. The number of allylic oxidation sites excluding steroid dienone is 5. The first-order valence-electron chi connectivity index (χ1n) is 13.1. The molecule has 0 bridgehead atoms. The lowest BCUT2D eigenvalue weighted by molar-refractivity contribution is -0.158. The van der Waals surface area contributed by atoms with Gasteiger partial charge in [-0.15, -0.1) is 0 Å². The fraction of sp³-hybridized carbons (Fsp3) is 0.633. The topological polar surface area (TPSA) is 87.0 Å². The minimum absolute atomic E-state index is 0.0915. The number of aliphatic hydroxyl groups excluding tert-OH is 3. The molecule has 35 heavy (non-hydrogen) atoms. The van der Waals surface area contributed by atoms with E-state index in [0.717, 1.165) is 48.8 Å². The highest BCUT2D eigenvalue weighted by molar-refractivity contribution is 5.77. The standard InChI is InChI=1S/C30H44O5/c1-7-35-28(34)29(4,5)27(33)15-10-19(2)24-13-14-25-21(9-8-16-30(24,25)6)11-12-22-17-23(31)18-26(32)20(22)3/h10-12,15,23-27,31-33H,2-3,7-9,13-14,16-18H2,1,4-6H3/t23-,24-,25+,26+,27-,30-/m1/s1. The zero-order valence-corrected chi connectivity index (χ0v) is 21.9. The van der Waals surface area contributed by atoms with E-state index >= 15 is 0 Å². The minimum Gasteiger partial charge on any atom is -0.465 e. The maximum absolute atomic E-state index is 12.2. The van der Waals surface area contributed by atoms with Crippen molar-refractivity contribution in [2.24, 2.45) is 22.7 Å². The van der Waals surface area contributed by atoms with Crippen LogP contribution in [0, 0.1) is 22.7 Å². The van der Waals surface area contributed by atoms with Crippen LogP contribution < -0.4 is 0 Å².